The molecule has 0 spiro atoms. The van der Waals surface area contributed by atoms with Crippen LogP contribution in [-0.4, -0.2) is 33.9 Å². The summed E-state index contributed by atoms with van der Waals surface area (Å²) >= 11 is 0. The Morgan fingerprint density at radius 2 is 1.88 bits per heavy atom. The minimum absolute atomic E-state index is 0.00859. The largest absolute Gasteiger partial charge is 0.494 e. The lowest BCUT2D eigenvalue weighted by molar-refractivity contribution is -0.152. The number of carbonyl (C=O) groups excluding carboxylic acids is 1. The zero-order valence-electron chi connectivity index (χ0n) is 17.0. The van der Waals surface area contributed by atoms with Crippen LogP contribution in [0.15, 0.2) is 18.2 Å². The van der Waals surface area contributed by atoms with Crippen LogP contribution >= 0.6 is 0 Å². The highest BCUT2D eigenvalue weighted by atomic mass is 19.4. The van der Waals surface area contributed by atoms with Crippen molar-refractivity contribution in [1.29, 1.82) is 5.26 Å². The average molecular weight is 447 g/mol. The van der Waals surface area contributed by atoms with Gasteiger partial charge >= 0.3 is 12.1 Å². The number of ether oxygens (including phenoxy) is 2. The molecule has 0 amide bonds. The number of nitriles is 1. The van der Waals surface area contributed by atoms with Crippen LogP contribution in [0.1, 0.15) is 36.1 Å². The maximum absolute atomic E-state index is 13.4. The predicted octanol–water partition coefficient (Wildman–Crippen LogP) is 3.33. The summed E-state index contributed by atoms with van der Waals surface area (Å²) < 4.78 is 51.9. The average Bonchev–Trinajstić information content (AvgIpc) is 3.24. The fraction of sp³-hybridized carbons (Fsp3) is 0.381. The van der Waals surface area contributed by atoms with Gasteiger partial charge in [-0.3, -0.25) is 9.36 Å². The molecule has 2 aliphatic heterocycles. The third-order valence-electron chi connectivity index (χ3n) is 6.29. The summed E-state index contributed by atoms with van der Waals surface area (Å²) in [7, 11) is 1.14. The van der Waals surface area contributed by atoms with Gasteiger partial charge in [-0.05, 0) is 32.0 Å². The summed E-state index contributed by atoms with van der Waals surface area (Å²) in [5.41, 5.74) is -5.23. The second kappa shape index (κ2) is 6.40. The van der Waals surface area contributed by atoms with E-state index < -0.39 is 58.2 Å². The van der Waals surface area contributed by atoms with Crippen molar-refractivity contribution in [1.82, 2.24) is 4.57 Å². The van der Waals surface area contributed by atoms with Gasteiger partial charge < -0.3 is 24.5 Å². The molecule has 2 aromatic rings. The van der Waals surface area contributed by atoms with Crippen molar-refractivity contribution in [3.05, 3.63) is 51.9 Å². The first-order valence-electron chi connectivity index (χ1n) is 9.30. The number of alkyl halides is 3. The molecule has 11 heteroatoms. The van der Waals surface area contributed by atoms with Crippen LogP contribution in [0.3, 0.4) is 0 Å². The maximum atomic E-state index is 13.4. The van der Waals surface area contributed by atoms with E-state index in [1.54, 1.807) is 0 Å². The number of hydrogen-bond acceptors (Lipinski definition) is 6. The van der Waals surface area contributed by atoms with Crippen LogP contribution in [0, 0.1) is 23.8 Å². The summed E-state index contributed by atoms with van der Waals surface area (Å²) in [6.45, 7) is 10.5. The Morgan fingerprint density at radius 1 is 1.28 bits per heavy atom. The molecular formula is C21H16F3N3O5. The van der Waals surface area contributed by atoms with Gasteiger partial charge in [0.2, 0.25) is 11.8 Å². The number of hydrogen-bond donors (Lipinski definition) is 2. The van der Waals surface area contributed by atoms with E-state index in [0.29, 0.717) is 6.07 Å². The lowest BCUT2D eigenvalue weighted by Crippen LogP contribution is -2.43. The molecule has 2 bridgehead atoms. The van der Waals surface area contributed by atoms with E-state index in [9.17, 15) is 28.2 Å². The molecule has 1 aromatic heterocycles. The molecule has 1 aromatic carbocycles. The van der Waals surface area contributed by atoms with Crippen molar-refractivity contribution >= 4 is 5.97 Å². The van der Waals surface area contributed by atoms with Gasteiger partial charge in [-0.2, -0.15) is 18.4 Å². The highest BCUT2D eigenvalue weighted by molar-refractivity contribution is 5.80. The molecule has 2 N–H and O–H groups in total. The summed E-state index contributed by atoms with van der Waals surface area (Å²) in [6, 6.07) is 3.05. The van der Waals surface area contributed by atoms with E-state index in [-0.39, 0.29) is 16.8 Å². The Bertz CT molecular complexity index is 1260. The molecule has 2 unspecified atom stereocenters. The zero-order valence-corrected chi connectivity index (χ0v) is 17.0. The van der Waals surface area contributed by atoms with Crippen molar-refractivity contribution in [3.8, 4) is 23.5 Å². The van der Waals surface area contributed by atoms with Crippen LogP contribution in [0.5, 0.6) is 11.8 Å². The third-order valence-corrected chi connectivity index (χ3v) is 6.29. The smallest absolute Gasteiger partial charge is 0.417 e. The fourth-order valence-electron chi connectivity index (χ4n) is 5.00. The number of esters is 1. The molecule has 0 saturated carbocycles. The number of carbonyl (C=O) groups is 1. The monoisotopic (exact) mass is 447 g/mol. The minimum atomic E-state index is -4.85. The number of aromatic hydroxyl groups is 2. The van der Waals surface area contributed by atoms with Crippen LogP contribution in [-0.2, 0) is 31.6 Å². The lowest BCUT2D eigenvalue weighted by atomic mass is 9.69. The summed E-state index contributed by atoms with van der Waals surface area (Å²) in [5.74, 6) is -3.17. The summed E-state index contributed by atoms with van der Waals surface area (Å²) in [6.07, 6.45) is -4.85. The lowest BCUT2D eigenvalue weighted by Gasteiger charge is -2.27. The molecule has 0 radical (unpaired) electrons. The molecule has 1 saturated heterocycles. The molecule has 2 aliphatic rings. The van der Waals surface area contributed by atoms with E-state index in [2.05, 4.69) is 4.85 Å². The van der Waals surface area contributed by atoms with Crippen molar-refractivity contribution in [2.75, 3.05) is 7.11 Å². The highest BCUT2D eigenvalue weighted by Crippen LogP contribution is 2.67. The Labute approximate surface area is 179 Å². The standard InChI is InChI=1S/C21H16F3N3O5/c1-19-12-13(20(2,32-19)15(26-3)14(19)18(30)31-4)17(29)27(16(12)28)10-6-5-9(8-25)11(7-10)21(22,23)24/h5-7,14-15,28-29H,1-2,4H3/t14-,15+,19?,20?/m0/s1. The Morgan fingerprint density at radius 3 is 2.38 bits per heavy atom. The minimum Gasteiger partial charge on any atom is -0.494 e. The van der Waals surface area contributed by atoms with Gasteiger partial charge in [0.25, 0.3) is 6.04 Å². The second-order valence-electron chi connectivity index (χ2n) is 7.96. The third kappa shape index (κ3) is 2.43. The van der Waals surface area contributed by atoms with Crippen LogP contribution in [0.25, 0.3) is 10.5 Å². The zero-order chi connectivity index (χ0) is 23.8. The van der Waals surface area contributed by atoms with Gasteiger partial charge in [0, 0.05) is 0 Å². The number of aromatic nitrogens is 1. The van der Waals surface area contributed by atoms with Crippen molar-refractivity contribution in [2.24, 2.45) is 5.92 Å². The highest BCUT2D eigenvalue weighted by Gasteiger charge is 2.76. The molecular weight excluding hydrogens is 431 g/mol. The van der Waals surface area contributed by atoms with Gasteiger partial charge in [0.05, 0.1) is 41.1 Å². The number of halogens is 3. The summed E-state index contributed by atoms with van der Waals surface area (Å²) in [5, 5.41) is 31.0. The number of nitrogens with zero attached hydrogens (tertiary/aromatic N) is 3. The van der Waals surface area contributed by atoms with E-state index in [1.807, 2.05) is 0 Å². The first-order chi connectivity index (χ1) is 14.9. The number of methoxy groups -OCH3 is 1. The number of fused-ring (bicyclic) bond motifs is 5. The Kier molecular flexibility index (Phi) is 4.31. The molecule has 0 aliphatic carbocycles. The Hall–Kier alpha value is -3.70. The Balaban J connectivity index is 2.00. The van der Waals surface area contributed by atoms with E-state index in [0.717, 1.165) is 23.8 Å². The predicted molar refractivity (Wildman–Crippen MR) is 101 cm³/mol. The van der Waals surface area contributed by atoms with Crippen molar-refractivity contribution in [3.63, 3.8) is 0 Å². The molecule has 1 fully saturated rings. The summed E-state index contributed by atoms with van der Waals surface area (Å²) in [4.78, 5) is 16.0. The van der Waals surface area contributed by atoms with E-state index in [4.69, 9.17) is 21.3 Å². The van der Waals surface area contributed by atoms with Crippen molar-refractivity contribution < 1.29 is 37.7 Å². The van der Waals surface area contributed by atoms with Crippen LogP contribution < -0.4 is 0 Å². The molecule has 32 heavy (non-hydrogen) atoms. The van der Waals surface area contributed by atoms with Crippen LogP contribution in [0.4, 0.5) is 13.2 Å². The van der Waals surface area contributed by atoms with Crippen molar-refractivity contribution in [2.45, 2.75) is 37.3 Å². The maximum Gasteiger partial charge on any atom is 0.417 e. The van der Waals surface area contributed by atoms with Gasteiger partial charge in [-0.15, -0.1) is 0 Å². The molecule has 3 heterocycles. The fourth-order valence-corrected chi connectivity index (χ4v) is 5.00. The second-order valence-corrected chi connectivity index (χ2v) is 7.96. The van der Waals surface area contributed by atoms with E-state index in [1.165, 1.54) is 19.9 Å². The van der Waals surface area contributed by atoms with Gasteiger partial charge in [0.15, 0.2) is 11.5 Å². The van der Waals surface area contributed by atoms with Gasteiger partial charge in [0.1, 0.15) is 5.60 Å². The molecule has 8 nitrogen and oxygen atoms in total. The first-order valence-corrected chi connectivity index (χ1v) is 9.30. The topological polar surface area (TPSA) is 109 Å². The van der Waals surface area contributed by atoms with E-state index >= 15 is 0 Å². The number of benzene rings is 1. The van der Waals surface area contributed by atoms with Gasteiger partial charge in [-0.25, -0.2) is 6.57 Å². The molecule has 166 valence electrons. The molecule has 4 atom stereocenters. The SMILES string of the molecule is [C-]#[N+][C@@H]1[C@@H](C(=O)OC)C2(C)OC1(C)c1c2c(O)n(-c2ccc(C#N)c(C(F)(F)F)c2)c1O. The quantitative estimate of drug-likeness (QED) is 0.540. The normalized spacial score (nSPS) is 28.1. The molecule has 4 rings (SSSR count). The van der Waals surface area contributed by atoms with Gasteiger partial charge in [-0.1, -0.05) is 0 Å². The van der Waals surface area contributed by atoms with Crippen LogP contribution in [0.2, 0.25) is 0 Å². The number of rotatable bonds is 2. The first kappa shape index (κ1) is 21.5.